The summed E-state index contributed by atoms with van der Waals surface area (Å²) in [6.07, 6.45) is 0.849. The summed E-state index contributed by atoms with van der Waals surface area (Å²) >= 11 is 4.79. The van der Waals surface area contributed by atoms with Gasteiger partial charge < -0.3 is 20.1 Å². The van der Waals surface area contributed by atoms with Crippen molar-refractivity contribution >= 4 is 23.1 Å². The summed E-state index contributed by atoms with van der Waals surface area (Å²) in [4.78, 5) is 13.9. The van der Waals surface area contributed by atoms with Gasteiger partial charge in [-0.15, -0.1) is 0 Å². The first kappa shape index (κ1) is 17.2. The van der Waals surface area contributed by atoms with Gasteiger partial charge in [-0.25, -0.2) is 0 Å². The zero-order chi connectivity index (χ0) is 15.7. The van der Waals surface area contributed by atoms with E-state index in [9.17, 15) is 4.79 Å². The van der Waals surface area contributed by atoms with Crippen LogP contribution in [0, 0.1) is 0 Å². The van der Waals surface area contributed by atoms with Gasteiger partial charge in [-0.3, -0.25) is 4.79 Å². The highest BCUT2D eigenvalue weighted by atomic mass is 32.1. The molecule has 5 nitrogen and oxygen atoms in total. The number of hydrogen-bond donors (Lipinski definition) is 1. The van der Waals surface area contributed by atoms with E-state index in [-0.39, 0.29) is 5.91 Å². The molecule has 0 atom stereocenters. The summed E-state index contributed by atoms with van der Waals surface area (Å²) in [6, 6.07) is 7.37. The number of benzene rings is 1. The molecule has 1 aromatic rings. The molecular formula is C15H22N2O3S. The van der Waals surface area contributed by atoms with Gasteiger partial charge in [-0.2, -0.15) is 0 Å². The molecule has 21 heavy (non-hydrogen) atoms. The van der Waals surface area contributed by atoms with Crippen molar-refractivity contribution < 1.29 is 14.3 Å². The van der Waals surface area contributed by atoms with E-state index in [1.165, 1.54) is 0 Å². The Morgan fingerprint density at radius 1 is 1.29 bits per heavy atom. The first-order chi connectivity index (χ1) is 10.0. The predicted molar refractivity (Wildman–Crippen MR) is 86.8 cm³/mol. The van der Waals surface area contributed by atoms with Crippen LogP contribution in [0.25, 0.3) is 0 Å². The maximum Gasteiger partial charge on any atom is 0.225 e. The molecule has 0 saturated carbocycles. The fraction of sp³-hybridized carbons (Fsp3) is 0.467. The Morgan fingerprint density at radius 3 is 2.57 bits per heavy atom. The molecule has 0 heterocycles. The molecule has 0 radical (unpaired) electrons. The average molecular weight is 310 g/mol. The van der Waals surface area contributed by atoms with Crippen molar-refractivity contribution in [3.05, 3.63) is 24.3 Å². The molecule has 0 aromatic heterocycles. The summed E-state index contributed by atoms with van der Waals surface area (Å²) in [5.41, 5.74) is 5.41. The van der Waals surface area contributed by atoms with Gasteiger partial charge in [0.25, 0.3) is 0 Å². The van der Waals surface area contributed by atoms with Crippen molar-refractivity contribution in [2.75, 3.05) is 26.8 Å². The Morgan fingerprint density at radius 2 is 1.95 bits per heavy atom. The zero-order valence-corrected chi connectivity index (χ0v) is 13.3. The van der Waals surface area contributed by atoms with Gasteiger partial charge in [0.1, 0.15) is 11.5 Å². The molecule has 116 valence electrons. The van der Waals surface area contributed by atoms with Gasteiger partial charge in [-0.1, -0.05) is 18.3 Å². The normalized spacial score (nSPS) is 10.0. The second-order valence-corrected chi connectivity index (χ2v) is 5.06. The molecule has 0 fully saturated rings. The Balaban J connectivity index is 2.33. The molecule has 1 aromatic carbocycles. The van der Waals surface area contributed by atoms with Gasteiger partial charge in [0.2, 0.25) is 5.91 Å². The van der Waals surface area contributed by atoms with Crippen LogP contribution in [0.1, 0.15) is 19.8 Å². The number of ether oxygens (including phenoxy) is 2. The van der Waals surface area contributed by atoms with E-state index in [0.29, 0.717) is 43.3 Å². The summed E-state index contributed by atoms with van der Waals surface area (Å²) in [5.74, 6) is 1.46. The monoisotopic (exact) mass is 310 g/mol. The molecule has 0 aliphatic heterocycles. The maximum atomic E-state index is 11.9. The van der Waals surface area contributed by atoms with Gasteiger partial charge in [-0.05, 0) is 19.1 Å². The molecule has 0 aliphatic carbocycles. The van der Waals surface area contributed by atoms with Crippen LogP contribution in [0.5, 0.6) is 11.5 Å². The highest BCUT2D eigenvalue weighted by Gasteiger charge is 2.09. The maximum absolute atomic E-state index is 11.9. The van der Waals surface area contributed by atoms with E-state index in [1.54, 1.807) is 11.9 Å². The van der Waals surface area contributed by atoms with Crippen LogP contribution in [0.2, 0.25) is 0 Å². The topological polar surface area (TPSA) is 64.8 Å². The highest BCUT2D eigenvalue weighted by Crippen LogP contribution is 2.19. The van der Waals surface area contributed by atoms with E-state index in [0.717, 1.165) is 5.75 Å². The van der Waals surface area contributed by atoms with E-state index in [2.05, 4.69) is 0 Å². The Kier molecular flexibility index (Phi) is 7.53. The first-order valence-corrected chi connectivity index (χ1v) is 7.31. The first-order valence-electron chi connectivity index (χ1n) is 6.91. The van der Waals surface area contributed by atoms with Gasteiger partial charge in [0.05, 0.1) is 24.6 Å². The van der Waals surface area contributed by atoms with Crippen LogP contribution in [0.4, 0.5) is 0 Å². The number of nitrogens with two attached hydrogens (primary N) is 1. The molecule has 0 aliphatic rings. The van der Waals surface area contributed by atoms with Crippen molar-refractivity contribution in [2.24, 2.45) is 5.73 Å². The van der Waals surface area contributed by atoms with E-state index in [4.69, 9.17) is 27.4 Å². The third-order valence-corrected chi connectivity index (χ3v) is 3.02. The molecule has 6 heteroatoms. The SMILES string of the molecule is CCOc1cccc(OCCC(=O)N(C)CCC(N)=S)c1. The average Bonchev–Trinajstić information content (AvgIpc) is 2.45. The van der Waals surface area contributed by atoms with Gasteiger partial charge >= 0.3 is 0 Å². The Labute approximate surface area is 131 Å². The van der Waals surface area contributed by atoms with Crippen LogP contribution in [-0.2, 0) is 4.79 Å². The van der Waals surface area contributed by atoms with Gasteiger partial charge in [0, 0.05) is 26.1 Å². The molecule has 1 rings (SSSR count). The number of carbonyl (C=O) groups excluding carboxylic acids is 1. The van der Waals surface area contributed by atoms with E-state index < -0.39 is 0 Å². The van der Waals surface area contributed by atoms with E-state index in [1.807, 2.05) is 31.2 Å². The highest BCUT2D eigenvalue weighted by molar-refractivity contribution is 7.80. The number of thiocarbonyl (C=S) groups is 1. The molecule has 0 spiro atoms. The van der Waals surface area contributed by atoms with E-state index >= 15 is 0 Å². The number of nitrogens with zero attached hydrogens (tertiary/aromatic N) is 1. The standard InChI is InChI=1S/C15H22N2O3S/c1-3-19-12-5-4-6-13(11-12)20-10-8-15(18)17(2)9-7-14(16)21/h4-6,11H,3,7-10H2,1-2H3,(H2,16,21). The third kappa shape index (κ3) is 6.94. The lowest BCUT2D eigenvalue weighted by atomic mass is 10.3. The lowest BCUT2D eigenvalue weighted by Gasteiger charge is -2.17. The Hall–Kier alpha value is -1.82. The molecule has 0 unspecified atom stereocenters. The van der Waals surface area contributed by atoms with Gasteiger partial charge in [0.15, 0.2) is 0 Å². The summed E-state index contributed by atoms with van der Waals surface area (Å²) in [6.45, 7) is 3.39. The molecular weight excluding hydrogens is 288 g/mol. The fourth-order valence-electron chi connectivity index (χ4n) is 1.67. The van der Waals surface area contributed by atoms with Crippen LogP contribution in [0.3, 0.4) is 0 Å². The molecule has 0 bridgehead atoms. The third-order valence-electron chi connectivity index (χ3n) is 2.82. The minimum atomic E-state index is 0.00668. The van der Waals surface area contributed by atoms with Crippen LogP contribution in [-0.4, -0.2) is 42.6 Å². The molecule has 1 amide bonds. The van der Waals surface area contributed by atoms with Crippen LogP contribution in [0.15, 0.2) is 24.3 Å². The number of amides is 1. The molecule has 2 N–H and O–H groups in total. The van der Waals surface area contributed by atoms with Crippen molar-refractivity contribution in [2.45, 2.75) is 19.8 Å². The lowest BCUT2D eigenvalue weighted by Crippen LogP contribution is -2.30. The Bertz CT molecular complexity index is 480. The largest absolute Gasteiger partial charge is 0.494 e. The van der Waals surface area contributed by atoms with Crippen molar-refractivity contribution in [1.82, 2.24) is 4.90 Å². The number of hydrogen-bond acceptors (Lipinski definition) is 4. The number of rotatable bonds is 9. The van der Waals surface area contributed by atoms with Crippen molar-refractivity contribution in [1.29, 1.82) is 0 Å². The van der Waals surface area contributed by atoms with Crippen LogP contribution < -0.4 is 15.2 Å². The van der Waals surface area contributed by atoms with Crippen molar-refractivity contribution in [3.63, 3.8) is 0 Å². The predicted octanol–water partition coefficient (Wildman–Crippen LogP) is 1.99. The second kappa shape index (κ2) is 9.18. The smallest absolute Gasteiger partial charge is 0.225 e. The van der Waals surface area contributed by atoms with Crippen molar-refractivity contribution in [3.8, 4) is 11.5 Å². The number of carbonyl (C=O) groups is 1. The second-order valence-electron chi connectivity index (χ2n) is 4.54. The minimum Gasteiger partial charge on any atom is -0.494 e. The zero-order valence-electron chi connectivity index (χ0n) is 12.5. The quantitative estimate of drug-likeness (QED) is 0.707. The lowest BCUT2D eigenvalue weighted by molar-refractivity contribution is -0.130. The summed E-state index contributed by atoms with van der Waals surface area (Å²) < 4.78 is 10.9. The summed E-state index contributed by atoms with van der Waals surface area (Å²) in [7, 11) is 1.73. The fourth-order valence-corrected chi connectivity index (χ4v) is 1.76. The minimum absolute atomic E-state index is 0.00668. The van der Waals surface area contributed by atoms with Crippen LogP contribution >= 0.6 is 12.2 Å². The summed E-state index contributed by atoms with van der Waals surface area (Å²) in [5, 5.41) is 0. The molecule has 0 saturated heterocycles.